The molecule has 0 bridgehead atoms. The zero-order valence-corrected chi connectivity index (χ0v) is 5.52. The standard InChI is InChI=1S/C5H8O2S/c1-3-7-5(6)4(2)8/h3-4,8H,1H2,2H3. The molecule has 0 aromatic carbocycles. The second kappa shape index (κ2) is 3.55. The summed E-state index contributed by atoms with van der Waals surface area (Å²) in [6, 6.07) is 0. The molecule has 0 N–H and O–H groups in total. The lowest BCUT2D eigenvalue weighted by Crippen LogP contribution is -2.10. The predicted molar refractivity (Wildman–Crippen MR) is 34.7 cm³/mol. The van der Waals surface area contributed by atoms with E-state index in [9.17, 15) is 4.79 Å². The number of rotatable bonds is 2. The highest BCUT2D eigenvalue weighted by Gasteiger charge is 2.05. The van der Waals surface area contributed by atoms with E-state index in [4.69, 9.17) is 0 Å². The molecule has 1 unspecified atom stereocenters. The van der Waals surface area contributed by atoms with Gasteiger partial charge in [0, 0.05) is 0 Å². The molecular weight excluding hydrogens is 124 g/mol. The van der Waals surface area contributed by atoms with Gasteiger partial charge in [0.25, 0.3) is 0 Å². The van der Waals surface area contributed by atoms with Crippen molar-refractivity contribution in [1.29, 1.82) is 0 Å². The summed E-state index contributed by atoms with van der Waals surface area (Å²) in [5.74, 6) is -0.372. The van der Waals surface area contributed by atoms with Crippen molar-refractivity contribution >= 4 is 18.6 Å². The van der Waals surface area contributed by atoms with Crippen LogP contribution in [0.25, 0.3) is 0 Å². The van der Waals surface area contributed by atoms with Crippen molar-refractivity contribution in [3.63, 3.8) is 0 Å². The van der Waals surface area contributed by atoms with Crippen LogP contribution in [0.2, 0.25) is 0 Å². The normalized spacial score (nSPS) is 12.2. The molecule has 8 heavy (non-hydrogen) atoms. The largest absolute Gasteiger partial charge is 0.434 e. The van der Waals surface area contributed by atoms with Crippen molar-refractivity contribution < 1.29 is 9.53 Å². The van der Waals surface area contributed by atoms with Crippen molar-refractivity contribution in [2.45, 2.75) is 12.2 Å². The van der Waals surface area contributed by atoms with Gasteiger partial charge in [0.2, 0.25) is 0 Å². The molecule has 2 nitrogen and oxygen atoms in total. The van der Waals surface area contributed by atoms with Crippen LogP contribution in [-0.4, -0.2) is 11.2 Å². The van der Waals surface area contributed by atoms with E-state index in [1.807, 2.05) is 0 Å². The number of hydrogen-bond acceptors (Lipinski definition) is 3. The Labute approximate surface area is 53.9 Å². The van der Waals surface area contributed by atoms with Gasteiger partial charge in [0.05, 0.1) is 11.5 Å². The van der Waals surface area contributed by atoms with Gasteiger partial charge in [-0.2, -0.15) is 12.6 Å². The van der Waals surface area contributed by atoms with Gasteiger partial charge in [-0.3, -0.25) is 4.79 Å². The van der Waals surface area contributed by atoms with Crippen molar-refractivity contribution in [2.75, 3.05) is 0 Å². The summed E-state index contributed by atoms with van der Waals surface area (Å²) in [6.45, 7) is 4.84. The maximum Gasteiger partial charge on any atom is 0.323 e. The first-order valence-corrected chi connectivity index (χ1v) is 2.69. The molecule has 0 fully saturated rings. The minimum absolute atomic E-state index is 0.368. The van der Waals surface area contributed by atoms with Crippen LogP contribution in [0.1, 0.15) is 6.92 Å². The van der Waals surface area contributed by atoms with Crippen LogP contribution in [0, 0.1) is 0 Å². The van der Waals surface area contributed by atoms with E-state index in [1.165, 1.54) is 0 Å². The van der Waals surface area contributed by atoms with Crippen LogP contribution in [0.3, 0.4) is 0 Å². The quantitative estimate of drug-likeness (QED) is 0.344. The Kier molecular flexibility index (Phi) is 3.35. The highest BCUT2D eigenvalue weighted by atomic mass is 32.1. The molecule has 0 aliphatic heterocycles. The van der Waals surface area contributed by atoms with Gasteiger partial charge < -0.3 is 4.74 Å². The minimum atomic E-state index is -0.372. The first-order chi connectivity index (χ1) is 3.68. The first kappa shape index (κ1) is 7.56. The molecular formula is C5H8O2S. The Morgan fingerprint density at radius 2 is 2.50 bits per heavy atom. The molecule has 0 aliphatic carbocycles. The van der Waals surface area contributed by atoms with E-state index in [-0.39, 0.29) is 11.2 Å². The fraction of sp³-hybridized carbons (Fsp3) is 0.400. The molecule has 46 valence electrons. The van der Waals surface area contributed by atoms with Gasteiger partial charge >= 0.3 is 5.97 Å². The molecule has 0 spiro atoms. The van der Waals surface area contributed by atoms with Gasteiger partial charge in [-0.15, -0.1) is 0 Å². The SMILES string of the molecule is C=COC(=O)C(C)S. The van der Waals surface area contributed by atoms with Crippen molar-refractivity contribution in [3.05, 3.63) is 12.8 Å². The molecule has 0 heterocycles. The summed E-state index contributed by atoms with van der Waals surface area (Å²) >= 11 is 3.80. The molecule has 0 aromatic heterocycles. The summed E-state index contributed by atoms with van der Waals surface area (Å²) in [6.07, 6.45) is 1.09. The Hall–Kier alpha value is -0.440. The Morgan fingerprint density at radius 1 is 2.00 bits per heavy atom. The number of carbonyl (C=O) groups excluding carboxylic acids is 1. The molecule has 0 radical (unpaired) electrons. The Morgan fingerprint density at radius 3 is 2.62 bits per heavy atom. The van der Waals surface area contributed by atoms with Crippen molar-refractivity contribution in [3.8, 4) is 0 Å². The van der Waals surface area contributed by atoms with E-state index in [0.717, 1.165) is 6.26 Å². The summed E-state index contributed by atoms with van der Waals surface area (Å²) < 4.78 is 4.35. The lowest BCUT2D eigenvalue weighted by atomic mass is 10.5. The average molecular weight is 132 g/mol. The van der Waals surface area contributed by atoms with E-state index >= 15 is 0 Å². The molecule has 1 atom stereocenters. The lowest BCUT2D eigenvalue weighted by Gasteiger charge is -1.98. The van der Waals surface area contributed by atoms with Crippen LogP contribution < -0.4 is 0 Å². The number of esters is 1. The predicted octanol–water partition coefficient (Wildman–Crippen LogP) is 0.991. The molecule has 0 amide bonds. The smallest absolute Gasteiger partial charge is 0.323 e. The third-order valence-electron chi connectivity index (χ3n) is 0.541. The highest BCUT2D eigenvalue weighted by molar-refractivity contribution is 7.81. The van der Waals surface area contributed by atoms with E-state index in [2.05, 4.69) is 23.9 Å². The first-order valence-electron chi connectivity index (χ1n) is 2.18. The number of thiol groups is 1. The number of hydrogen-bond donors (Lipinski definition) is 1. The van der Waals surface area contributed by atoms with Crippen molar-refractivity contribution in [1.82, 2.24) is 0 Å². The molecule has 0 saturated heterocycles. The van der Waals surface area contributed by atoms with Crippen LogP contribution in [0.15, 0.2) is 12.8 Å². The Bertz CT molecular complexity index is 98.6. The molecule has 0 saturated carbocycles. The maximum atomic E-state index is 10.4. The third-order valence-corrected chi connectivity index (χ3v) is 0.751. The van der Waals surface area contributed by atoms with E-state index in [1.54, 1.807) is 6.92 Å². The Balaban J connectivity index is 3.48. The third kappa shape index (κ3) is 2.69. The maximum absolute atomic E-state index is 10.4. The second-order valence-electron chi connectivity index (χ2n) is 1.28. The van der Waals surface area contributed by atoms with E-state index in [0.29, 0.717) is 0 Å². The second-order valence-corrected chi connectivity index (χ2v) is 2.05. The number of carbonyl (C=O) groups is 1. The molecule has 3 heteroatoms. The van der Waals surface area contributed by atoms with Gasteiger partial charge in [0.15, 0.2) is 0 Å². The molecule has 0 rings (SSSR count). The molecule has 0 aromatic rings. The molecule has 0 aliphatic rings. The van der Waals surface area contributed by atoms with Gasteiger partial charge in [-0.05, 0) is 6.92 Å². The monoisotopic (exact) mass is 132 g/mol. The fourth-order valence-corrected chi connectivity index (χ4v) is 0.241. The average Bonchev–Trinajstić information content (AvgIpc) is 1.67. The van der Waals surface area contributed by atoms with Crippen LogP contribution in [-0.2, 0) is 9.53 Å². The summed E-state index contributed by atoms with van der Waals surface area (Å²) in [5, 5.41) is -0.368. The van der Waals surface area contributed by atoms with Crippen LogP contribution in [0.4, 0.5) is 0 Å². The van der Waals surface area contributed by atoms with Gasteiger partial charge in [-0.1, -0.05) is 6.58 Å². The highest BCUT2D eigenvalue weighted by Crippen LogP contribution is 1.94. The zero-order valence-electron chi connectivity index (χ0n) is 4.63. The fourth-order valence-electron chi connectivity index (χ4n) is 0.181. The van der Waals surface area contributed by atoms with Crippen LogP contribution >= 0.6 is 12.6 Å². The summed E-state index contributed by atoms with van der Waals surface area (Å²) in [4.78, 5) is 10.4. The van der Waals surface area contributed by atoms with Gasteiger partial charge in [-0.25, -0.2) is 0 Å². The summed E-state index contributed by atoms with van der Waals surface area (Å²) in [5.41, 5.74) is 0. The zero-order chi connectivity index (χ0) is 6.57. The van der Waals surface area contributed by atoms with Crippen molar-refractivity contribution in [2.24, 2.45) is 0 Å². The van der Waals surface area contributed by atoms with Crippen LogP contribution in [0.5, 0.6) is 0 Å². The lowest BCUT2D eigenvalue weighted by molar-refractivity contribution is -0.136. The summed E-state index contributed by atoms with van der Waals surface area (Å²) in [7, 11) is 0. The van der Waals surface area contributed by atoms with E-state index < -0.39 is 0 Å². The minimum Gasteiger partial charge on any atom is -0.434 e. The van der Waals surface area contributed by atoms with Gasteiger partial charge in [0.1, 0.15) is 0 Å². The number of ether oxygens (including phenoxy) is 1. The topological polar surface area (TPSA) is 26.3 Å².